The summed E-state index contributed by atoms with van der Waals surface area (Å²) in [5.41, 5.74) is 3.39. The monoisotopic (exact) mass is 420 g/mol. The van der Waals surface area contributed by atoms with Crippen molar-refractivity contribution in [1.82, 2.24) is 19.9 Å². The van der Waals surface area contributed by atoms with Gasteiger partial charge in [-0.25, -0.2) is 0 Å². The Bertz CT molecular complexity index is 990. The fourth-order valence-corrected chi connectivity index (χ4v) is 3.54. The van der Waals surface area contributed by atoms with Crippen LogP contribution < -0.4 is 4.74 Å². The van der Waals surface area contributed by atoms with Gasteiger partial charge < -0.3 is 14.2 Å². The lowest BCUT2D eigenvalue weighted by Crippen LogP contribution is -2.49. The van der Waals surface area contributed by atoms with E-state index in [0.717, 1.165) is 30.8 Å². The zero-order valence-electron chi connectivity index (χ0n) is 18.1. The van der Waals surface area contributed by atoms with Gasteiger partial charge >= 0.3 is 0 Å². The van der Waals surface area contributed by atoms with E-state index >= 15 is 0 Å². The van der Waals surface area contributed by atoms with Gasteiger partial charge in [0.1, 0.15) is 5.75 Å². The second-order valence-electron chi connectivity index (χ2n) is 7.82. The van der Waals surface area contributed by atoms with E-state index in [0.29, 0.717) is 31.3 Å². The Morgan fingerprint density at radius 2 is 1.74 bits per heavy atom. The molecule has 4 rings (SSSR count). The summed E-state index contributed by atoms with van der Waals surface area (Å²) in [5.74, 6) is 1.94. The van der Waals surface area contributed by atoms with Crippen LogP contribution in [0.2, 0.25) is 0 Å². The van der Waals surface area contributed by atoms with Crippen LogP contribution in [0.3, 0.4) is 0 Å². The van der Waals surface area contributed by atoms with E-state index in [1.807, 2.05) is 60.4 Å². The number of benzene rings is 2. The topological polar surface area (TPSA) is 71.7 Å². The molecule has 162 valence electrons. The van der Waals surface area contributed by atoms with E-state index in [1.165, 1.54) is 11.1 Å². The fourth-order valence-electron chi connectivity index (χ4n) is 3.54. The number of aromatic nitrogens is 2. The van der Waals surface area contributed by atoms with Crippen LogP contribution in [0.4, 0.5) is 0 Å². The summed E-state index contributed by atoms with van der Waals surface area (Å²) in [6.07, 6.45) is 0.986. The van der Waals surface area contributed by atoms with Gasteiger partial charge in [0.2, 0.25) is 11.7 Å². The normalized spacial score (nSPS) is 14.6. The molecule has 1 fully saturated rings. The summed E-state index contributed by atoms with van der Waals surface area (Å²) in [6.45, 7) is 7.66. The molecule has 3 aromatic rings. The lowest BCUT2D eigenvalue weighted by Gasteiger charge is -2.33. The maximum absolute atomic E-state index is 12.5. The molecule has 0 unspecified atom stereocenters. The molecule has 7 nitrogen and oxygen atoms in total. The molecule has 0 atom stereocenters. The molecule has 31 heavy (non-hydrogen) atoms. The maximum atomic E-state index is 12.5. The van der Waals surface area contributed by atoms with E-state index in [-0.39, 0.29) is 12.5 Å². The van der Waals surface area contributed by atoms with Gasteiger partial charge in [-0.3, -0.25) is 9.69 Å². The number of rotatable bonds is 7. The smallest absolute Gasteiger partial charge is 0.260 e. The molecular formula is C24H28N4O3. The zero-order chi connectivity index (χ0) is 21.6. The van der Waals surface area contributed by atoms with Crippen molar-refractivity contribution in [3.05, 3.63) is 65.5 Å². The third kappa shape index (κ3) is 5.49. The quantitative estimate of drug-likeness (QED) is 0.584. The number of hydrogen-bond donors (Lipinski definition) is 0. The van der Waals surface area contributed by atoms with Gasteiger partial charge in [-0.15, -0.1) is 0 Å². The number of carbonyl (C=O) groups is 1. The van der Waals surface area contributed by atoms with Gasteiger partial charge in [0.05, 0.1) is 6.54 Å². The van der Waals surface area contributed by atoms with Crippen molar-refractivity contribution in [2.24, 2.45) is 0 Å². The van der Waals surface area contributed by atoms with Gasteiger partial charge in [0, 0.05) is 31.7 Å². The molecule has 1 saturated heterocycles. The van der Waals surface area contributed by atoms with Crippen molar-refractivity contribution >= 4 is 5.91 Å². The molecule has 0 saturated carbocycles. The maximum Gasteiger partial charge on any atom is 0.260 e. The van der Waals surface area contributed by atoms with E-state index in [1.54, 1.807) is 0 Å². The molecule has 0 spiro atoms. The van der Waals surface area contributed by atoms with Gasteiger partial charge in [0.25, 0.3) is 5.91 Å². The second kappa shape index (κ2) is 9.75. The summed E-state index contributed by atoms with van der Waals surface area (Å²) >= 11 is 0. The van der Waals surface area contributed by atoms with Gasteiger partial charge in [-0.2, -0.15) is 4.98 Å². The van der Waals surface area contributed by atoms with E-state index < -0.39 is 0 Å². The molecule has 2 heterocycles. The number of nitrogens with zero attached hydrogens (tertiary/aromatic N) is 4. The van der Waals surface area contributed by atoms with Crippen molar-refractivity contribution < 1.29 is 14.1 Å². The average molecular weight is 421 g/mol. The van der Waals surface area contributed by atoms with Crippen LogP contribution in [0.15, 0.2) is 53.1 Å². The first-order valence-electron chi connectivity index (χ1n) is 10.7. The van der Waals surface area contributed by atoms with Gasteiger partial charge in [-0.05, 0) is 31.0 Å². The van der Waals surface area contributed by atoms with E-state index in [9.17, 15) is 4.79 Å². The fraction of sp³-hybridized carbons (Fsp3) is 0.375. The summed E-state index contributed by atoms with van der Waals surface area (Å²) < 4.78 is 11.1. The average Bonchev–Trinajstić information content (AvgIpc) is 3.27. The lowest BCUT2D eigenvalue weighted by atomic mass is 10.1. The third-order valence-electron chi connectivity index (χ3n) is 5.56. The van der Waals surface area contributed by atoms with Crippen molar-refractivity contribution in [1.29, 1.82) is 0 Å². The van der Waals surface area contributed by atoms with Crippen LogP contribution in [-0.4, -0.2) is 58.6 Å². The number of aryl methyl sites for hydroxylation is 2. The minimum Gasteiger partial charge on any atom is -0.484 e. The SMILES string of the molecule is CCc1ccc(OCC(=O)N2CCN(Cc3nc(-c4ccc(C)cc4)no3)CC2)cc1. The van der Waals surface area contributed by atoms with Crippen LogP contribution in [-0.2, 0) is 17.8 Å². The molecule has 1 amide bonds. The highest BCUT2D eigenvalue weighted by Gasteiger charge is 2.23. The van der Waals surface area contributed by atoms with Crippen LogP contribution in [0.1, 0.15) is 23.9 Å². The molecule has 1 aliphatic rings. The molecular weight excluding hydrogens is 392 g/mol. The van der Waals surface area contributed by atoms with Crippen LogP contribution in [0, 0.1) is 6.92 Å². The summed E-state index contributed by atoms with van der Waals surface area (Å²) in [6, 6.07) is 15.9. The van der Waals surface area contributed by atoms with Crippen LogP contribution in [0.25, 0.3) is 11.4 Å². The van der Waals surface area contributed by atoms with Gasteiger partial charge in [0.15, 0.2) is 6.61 Å². The first-order valence-corrected chi connectivity index (χ1v) is 10.7. The van der Waals surface area contributed by atoms with Crippen LogP contribution >= 0.6 is 0 Å². The Labute approximate surface area is 182 Å². The molecule has 1 aliphatic heterocycles. The largest absolute Gasteiger partial charge is 0.484 e. The molecule has 0 radical (unpaired) electrons. The van der Waals surface area contributed by atoms with Crippen molar-refractivity contribution in [2.45, 2.75) is 26.8 Å². The van der Waals surface area contributed by atoms with Crippen LogP contribution in [0.5, 0.6) is 5.75 Å². The van der Waals surface area contributed by atoms with Gasteiger partial charge in [-0.1, -0.05) is 54.0 Å². The van der Waals surface area contributed by atoms with Crippen molar-refractivity contribution in [3.63, 3.8) is 0 Å². The highest BCUT2D eigenvalue weighted by molar-refractivity contribution is 5.77. The Kier molecular flexibility index (Phi) is 6.62. The minimum atomic E-state index is 0.0127. The number of amides is 1. The first kappa shape index (κ1) is 21.1. The predicted molar refractivity (Wildman–Crippen MR) is 118 cm³/mol. The molecule has 7 heteroatoms. The van der Waals surface area contributed by atoms with E-state index in [2.05, 4.69) is 22.0 Å². The van der Waals surface area contributed by atoms with Crippen molar-refractivity contribution in [2.75, 3.05) is 32.8 Å². The summed E-state index contributed by atoms with van der Waals surface area (Å²) in [7, 11) is 0. The Balaban J connectivity index is 1.23. The molecule has 0 aliphatic carbocycles. The van der Waals surface area contributed by atoms with E-state index in [4.69, 9.17) is 9.26 Å². The Morgan fingerprint density at radius 1 is 1.03 bits per heavy atom. The highest BCUT2D eigenvalue weighted by Crippen LogP contribution is 2.18. The zero-order valence-corrected chi connectivity index (χ0v) is 18.1. The number of hydrogen-bond acceptors (Lipinski definition) is 6. The highest BCUT2D eigenvalue weighted by atomic mass is 16.5. The Morgan fingerprint density at radius 3 is 2.42 bits per heavy atom. The number of ether oxygens (including phenoxy) is 1. The number of carbonyl (C=O) groups excluding carboxylic acids is 1. The summed E-state index contributed by atoms with van der Waals surface area (Å²) in [5, 5.41) is 4.09. The minimum absolute atomic E-state index is 0.0127. The third-order valence-corrected chi connectivity index (χ3v) is 5.56. The molecule has 0 bridgehead atoms. The lowest BCUT2D eigenvalue weighted by molar-refractivity contribution is -0.135. The number of piperazine rings is 1. The molecule has 1 aromatic heterocycles. The predicted octanol–water partition coefficient (Wildman–Crippen LogP) is 3.33. The second-order valence-corrected chi connectivity index (χ2v) is 7.82. The molecule has 0 N–H and O–H groups in total. The molecule has 2 aromatic carbocycles. The Hall–Kier alpha value is -3.19. The van der Waals surface area contributed by atoms with Crippen molar-refractivity contribution in [3.8, 4) is 17.1 Å². The standard InChI is InChI=1S/C24H28N4O3/c1-3-19-6-10-21(11-7-19)30-17-23(29)28-14-12-27(13-15-28)16-22-25-24(26-31-22)20-8-4-18(2)5-9-20/h4-11H,3,12-17H2,1-2H3. The first-order chi connectivity index (χ1) is 15.1. The summed E-state index contributed by atoms with van der Waals surface area (Å²) in [4.78, 5) is 21.1.